The smallest absolute Gasteiger partial charge is 0.256 e. The van der Waals surface area contributed by atoms with Gasteiger partial charge in [-0.15, -0.1) is 11.3 Å². The summed E-state index contributed by atoms with van der Waals surface area (Å²) in [5.74, 6) is 3.06. The van der Waals surface area contributed by atoms with Crippen LogP contribution in [0, 0.1) is 35.0 Å². The molecule has 4 unspecified atom stereocenters. The van der Waals surface area contributed by atoms with Gasteiger partial charge in [0, 0.05) is 13.1 Å². The molecule has 3 aliphatic carbocycles. The van der Waals surface area contributed by atoms with E-state index >= 15 is 0 Å². The van der Waals surface area contributed by atoms with E-state index in [1.165, 1.54) is 30.6 Å². The number of thiophene rings is 1. The number of nitrogen functional groups attached to an aromatic ring is 1. The Morgan fingerprint density at radius 3 is 2.62 bits per heavy atom. The molecule has 3 saturated carbocycles. The Kier molecular flexibility index (Phi) is 2.70. The van der Waals surface area contributed by atoms with Crippen LogP contribution in [0.15, 0.2) is 0 Å². The van der Waals surface area contributed by atoms with Crippen LogP contribution in [0.5, 0.6) is 0 Å². The number of carbonyl (C=O) groups excluding carboxylic acids is 1. The van der Waals surface area contributed by atoms with Crippen molar-refractivity contribution in [3.05, 3.63) is 10.4 Å². The highest BCUT2D eigenvalue weighted by Crippen LogP contribution is 2.66. The third-order valence-electron chi connectivity index (χ3n) is 5.53. The fourth-order valence-corrected chi connectivity index (χ4v) is 5.61. The number of amides is 1. The SMILES string of the molecule is CNC(=O)c1c(NC2C3C4CCC(C4)C23)sc(C#N)c1N. The molecule has 4 rings (SSSR count). The third-order valence-corrected chi connectivity index (χ3v) is 6.58. The molecule has 1 heterocycles. The molecule has 1 aromatic heterocycles. The lowest BCUT2D eigenvalue weighted by Gasteiger charge is -2.11. The fourth-order valence-electron chi connectivity index (χ4n) is 4.65. The molecular weight excluding hydrogens is 284 g/mol. The van der Waals surface area contributed by atoms with E-state index in [1.807, 2.05) is 0 Å². The number of anilines is 2. The van der Waals surface area contributed by atoms with Gasteiger partial charge >= 0.3 is 0 Å². The second-order valence-corrected chi connectivity index (χ2v) is 7.42. The lowest BCUT2D eigenvalue weighted by Crippen LogP contribution is -2.21. The van der Waals surface area contributed by atoms with Gasteiger partial charge in [-0.2, -0.15) is 5.26 Å². The molecule has 0 radical (unpaired) electrons. The third kappa shape index (κ3) is 1.70. The Morgan fingerprint density at radius 1 is 1.38 bits per heavy atom. The highest BCUT2D eigenvalue weighted by atomic mass is 32.1. The van der Waals surface area contributed by atoms with Crippen molar-refractivity contribution in [3.8, 4) is 6.07 Å². The van der Waals surface area contributed by atoms with Crippen LogP contribution >= 0.6 is 11.3 Å². The molecule has 110 valence electrons. The quantitative estimate of drug-likeness (QED) is 0.796. The molecule has 5 nitrogen and oxygen atoms in total. The van der Waals surface area contributed by atoms with Crippen molar-refractivity contribution in [1.82, 2.24) is 5.32 Å². The first kappa shape index (κ1) is 13.0. The summed E-state index contributed by atoms with van der Waals surface area (Å²) in [4.78, 5) is 12.5. The second kappa shape index (κ2) is 4.38. The van der Waals surface area contributed by atoms with Crippen LogP contribution in [0.2, 0.25) is 0 Å². The Balaban J connectivity index is 1.61. The van der Waals surface area contributed by atoms with Gasteiger partial charge < -0.3 is 16.4 Å². The summed E-state index contributed by atoms with van der Waals surface area (Å²) in [7, 11) is 1.58. The minimum absolute atomic E-state index is 0.221. The first-order valence-corrected chi connectivity index (χ1v) is 8.28. The molecule has 21 heavy (non-hydrogen) atoms. The van der Waals surface area contributed by atoms with Gasteiger partial charge in [0.2, 0.25) is 0 Å². The van der Waals surface area contributed by atoms with Crippen molar-refractivity contribution in [2.24, 2.45) is 23.7 Å². The molecule has 0 spiro atoms. The van der Waals surface area contributed by atoms with Gasteiger partial charge in [-0.05, 0) is 42.9 Å². The van der Waals surface area contributed by atoms with Crippen LogP contribution in [0.25, 0.3) is 0 Å². The maximum Gasteiger partial charge on any atom is 0.256 e. The average molecular weight is 302 g/mol. The van der Waals surface area contributed by atoms with Gasteiger partial charge in [-0.1, -0.05) is 0 Å². The molecular formula is C15H18N4OS. The molecule has 0 aliphatic heterocycles. The predicted octanol–water partition coefficient (Wildman–Crippen LogP) is 2.02. The van der Waals surface area contributed by atoms with E-state index in [0.29, 0.717) is 22.2 Å². The highest BCUT2D eigenvalue weighted by Gasteiger charge is 2.65. The summed E-state index contributed by atoms with van der Waals surface area (Å²) in [6.07, 6.45) is 4.12. The van der Waals surface area contributed by atoms with Crippen LogP contribution in [0.4, 0.5) is 10.7 Å². The van der Waals surface area contributed by atoms with E-state index in [1.54, 1.807) is 7.05 Å². The topological polar surface area (TPSA) is 90.9 Å². The van der Waals surface area contributed by atoms with Gasteiger partial charge in [-0.3, -0.25) is 4.79 Å². The van der Waals surface area contributed by atoms with E-state index in [4.69, 9.17) is 11.0 Å². The summed E-state index contributed by atoms with van der Waals surface area (Å²) in [5.41, 5.74) is 6.70. The summed E-state index contributed by atoms with van der Waals surface area (Å²) in [6, 6.07) is 2.56. The number of nitrogens with two attached hydrogens (primary N) is 1. The monoisotopic (exact) mass is 302 g/mol. The van der Waals surface area contributed by atoms with Crippen LogP contribution in [0.1, 0.15) is 34.5 Å². The van der Waals surface area contributed by atoms with Crippen LogP contribution in [-0.2, 0) is 0 Å². The van der Waals surface area contributed by atoms with Gasteiger partial charge in [-0.25, -0.2) is 0 Å². The van der Waals surface area contributed by atoms with Gasteiger partial charge in [0.25, 0.3) is 5.91 Å². The number of hydrogen-bond acceptors (Lipinski definition) is 5. The molecule has 3 fully saturated rings. The Hall–Kier alpha value is -1.74. The Labute approximate surface area is 127 Å². The maximum atomic E-state index is 12.0. The molecule has 0 aromatic carbocycles. The van der Waals surface area contributed by atoms with Crippen molar-refractivity contribution < 1.29 is 4.79 Å². The van der Waals surface area contributed by atoms with Crippen LogP contribution in [-0.4, -0.2) is 19.0 Å². The number of carbonyl (C=O) groups is 1. The summed E-state index contributed by atoms with van der Waals surface area (Å²) >= 11 is 1.30. The number of nitrogens with one attached hydrogen (secondary N) is 2. The Morgan fingerprint density at radius 2 is 2.05 bits per heavy atom. The lowest BCUT2D eigenvalue weighted by molar-refractivity contribution is 0.0965. The predicted molar refractivity (Wildman–Crippen MR) is 82.1 cm³/mol. The molecule has 1 aromatic rings. The van der Waals surface area contributed by atoms with Gasteiger partial charge in [0.1, 0.15) is 15.9 Å². The summed E-state index contributed by atoms with van der Waals surface area (Å²) in [5, 5.41) is 16.0. The number of fused-ring (bicyclic) bond motifs is 5. The lowest BCUT2D eigenvalue weighted by atomic mass is 10.0. The number of rotatable bonds is 3. The number of nitrogens with zero attached hydrogens (tertiary/aromatic N) is 1. The minimum Gasteiger partial charge on any atom is -0.396 e. The van der Waals surface area contributed by atoms with E-state index in [9.17, 15) is 4.79 Å². The van der Waals surface area contributed by atoms with Crippen LogP contribution < -0.4 is 16.4 Å². The van der Waals surface area contributed by atoms with E-state index in [2.05, 4.69) is 16.7 Å². The molecule has 4 N–H and O–H groups in total. The standard InChI is InChI=1S/C15H18N4OS/c1-18-14(20)11-12(17)8(5-16)21-15(11)19-13-9-6-2-3-7(4-6)10(9)13/h6-7,9-10,13,19H,2-4,17H2,1H3,(H,18,20). The van der Waals surface area contributed by atoms with Crippen molar-refractivity contribution in [3.63, 3.8) is 0 Å². The van der Waals surface area contributed by atoms with Gasteiger partial charge in [0.05, 0.1) is 11.3 Å². The largest absolute Gasteiger partial charge is 0.396 e. The average Bonchev–Trinajstić information content (AvgIpc) is 2.82. The normalized spacial score (nSPS) is 35.1. The Bertz CT molecular complexity index is 645. The van der Waals surface area contributed by atoms with Crippen molar-refractivity contribution in [1.29, 1.82) is 5.26 Å². The molecule has 6 heteroatoms. The first-order chi connectivity index (χ1) is 10.2. The zero-order valence-electron chi connectivity index (χ0n) is 11.8. The molecule has 3 aliphatic rings. The van der Waals surface area contributed by atoms with E-state index < -0.39 is 0 Å². The van der Waals surface area contributed by atoms with E-state index in [-0.39, 0.29) is 5.91 Å². The molecule has 1 amide bonds. The van der Waals surface area contributed by atoms with Crippen molar-refractivity contribution in [2.75, 3.05) is 18.1 Å². The second-order valence-electron chi connectivity index (χ2n) is 6.40. The maximum absolute atomic E-state index is 12.0. The number of nitriles is 1. The molecule has 4 atom stereocenters. The molecule has 2 bridgehead atoms. The van der Waals surface area contributed by atoms with Crippen LogP contribution in [0.3, 0.4) is 0 Å². The molecule has 0 saturated heterocycles. The van der Waals surface area contributed by atoms with Crippen molar-refractivity contribution >= 4 is 27.9 Å². The number of hydrogen-bond donors (Lipinski definition) is 3. The first-order valence-electron chi connectivity index (χ1n) is 7.46. The zero-order valence-corrected chi connectivity index (χ0v) is 12.7. The summed E-state index contributed by atoms with van der Waals surface area (Å²) < 4.78 is 0. The van der Waals surface area contributed by atoms with E-state index in [0.717, 1.165) is 28.7 Å². The van der Waals surface area contributed by atoms with Crippen molar-refractivity contribution in [2.45, 2.75) is 25.3 Å². The van der Waals surface area contributed by atoms with Gasteiger partial charge in [0.15, 0.2) is 0 Å². The fraction of sp³-hybridized carbons (Fsp3) is 0.600. The minimum atomic E-state index is -0.221. The summed E-state index contributed by atoms with van der Waals surface area (Å²) in [6.45, 7) is 0. The zero-order chi connectivity index (χ0) is 14.7. The highest BCUT2D eigenvalue weighted by molar-refractivity contribution is 7.17.